The van der Waals surface area contributed by atoms with Crippen molar-refractivity contribution in [3.05, 3.63) is 35.9 Å². The fraction of sp³-hybridized carbons (Fsp3) is 0.484. The zero-order valence-corrected chi connectivity index (χ0v) is 29.2. The Bertz CT molecular complexity index is 1510. The van der Waals surface area contributed by atoms with Crippen molar-refractivity contribution in [1.29, 1.82) is 0 Å². The molecule has 0 aliphatic heterocycles. The van der Waals surface area contributed by atoms with Crippen molar-refractivity contribution in [2.24, 2.45) is 17.2 Å². The van der Waals surface area contributed by atoms with Crippen molar-refractivity contribution in [2.45, 2.75) is 87.6 Å². The average Bonchev–Trinajstić information content (AvgIpc) is 3.07. The van der Waals surface area contributed by atoms with E-state index in [1.165, 1.54) is 0 Å². The number of rotatable bonds is 25. The molecule has 21 nitrogen and oxygen atoms in total. The standard InChI is InChI=1S/C31H44N8O13S/c32-16(13-23(34)41)26(46)35-17(7-10-24(42)43)27(47)38-20(12-15-4-2-1-3-5-15)29(49)36-18(8-11-25(44)45)28(48)39-21(14-53)30(50)37-19(31(51)52)6-9-22(33)40/h1-5,16-21,53H,6-14,32H2,(H2,33,40)(H2,34,41)(H,35,46)(H,36,49)(H,37,50)(H,38,47)(H,39,48)(H,42,43)(H,44,45)(H,51,52). The van der Waals surface area contributed by atoms with Crippen LogP contribution in [-0.2, 0) is 54.4 Å². The van der Waals surface area contributed by atoms with Crippen molar-refractivity contribution < 1.29 is 63.3 Å². The number of nitrogens with one attached hydrogen (secondary N) is 5. The molecule has 0 spiro atoms. The Balaban J connectivity index is 3.35. The lowest BCUT2D eigenvalue weighted by atomic mass is 10.0. The fourth-order valence-electron chi connectivity index (χ4n) is 4.55. The summed E-state index contributed by atoms with van der Waals surface area (Å²) < 4.78 is 0. The van der Waals surface area contributed by atoms with E-state index in [2.05, 4.69) is 39.2 Å². The number of primary amides is 2. The van der Waals surface area contributed by atoms with Crippen LogP contribution in [0.4, 0.5) is 0 Å². The molecule has 292 valence electrons. The first-order chi connectivity index (χ1) is 24.8. The Morgan fingerprint density at radius 2 is 0.981 bits per heavy atom. The molecule has 53 heavy (non-hydrogen) atoms. The summed E-state index contributed by atoms with van der Waals surface area (Å²) in [4.78, 5) is 123. The molecule has 1 aromatic rings. The molecule has 0 saturated heterocycles. The van der Waals surface area contributed by atoms with E-state index in [0.717, 1.165) is 0 Å². The van der Waals surface area contributed by atoms with Crippen LogP contribution in [0.15, 0.2) is 30.3 Å². The molecule has 14 N–H and O–H groups in total. The van der Waals surface area contributed by atoms with E-state index in [-0.39, 0.29) is 19.3 Å². The number of carboxylic acid groups (broad SMARTS) is 3. The van der Waals surface area contributed by atoms with Crippen molar-refractivity contribution >= 4 is 71.9 Å². The number of nitrogens with two attached hydrogens (primary N) is 3. The van der Waals surface area contributed by atoms with Crippen molar-refractivity contribution in [3.8, 4) is 0 Å². The third kappa shape index (κ3) is 17.8. The lowest BCUT2D eigenvalue weighted by Gasteiger charge is -2.27. The van der Waals surface area contributed by atoms with Gasteiger partial charge in [-0.2, -0.15) is 12.6 Å². The zero-order chi connectivity index (χ0) is 40.2. The first-order valence-electron chi connectivity index (χ1n) is 16.0. The molecule has 1 aromatic carbocycles. The van der Waals surface area contributed by atoms with E-state index in [9.17, 15) is 63.3 Å². The first kappa shape index (κ1) is 45.3. The number of carboxylic acids is 3. The van der Waals surface area contributed by atoms with Crippen molar-refractivity contribution in [1.82, 2.24) is 26.6 Å². The Kier molecular flexibility index (Phi) is 19.6. The largest absolute Gasteiger partial charge is 0.481 e. The third-order valence-corrected chi connectivity index (χ3v) is 7.71. The number of carbonyl (C=O) groups is 10. The number of hydrogen-bond acceptors (Lipinski definition) is 12. The van der Waals surface area contributed by atoms with E-state index in [1.54, 1.807) is 30.3 Å². The Labute approximate surface area is 307 Å². The number of aliphatic carboxylic acids is 3. The first-order valence-corrected chi connectivity index (χ1v) is 16.6. The molecule has 7 amide bonds. The molecule has 0 aliphatic rings. The van der Waals surface area contributed by atoms with Crippen molar-refractivity contribution in [2.75, 3.05) is 5.75 Å². The lowest BCUT2D eigenvalue weighted by Crippen LogP contribution is -2.60. The normalized spacial score (nSPS) is 14.1. The van der Waals surface area contributed by atoms with Crippen LogP contribution in [0.5, 0.6) is 0 Å². The monoisotopic (exact) mass is 768 g/mol. The molecular formula is C31H44N8O13S. The van der Waals surface area contributed by atoms with Crippen molar-refractivity contribution in [3.63, 3.8) is 0 Å². The van der Waals surface area contributed by atoms with Crippen LogP contribution in [0, 0.1) is 0 Å². The van der Waals surface area contributed by atoms with Gasteiger partial charge < -0.3 is 59.1 Å². The maximum atomic E-state index is 13.7. The van der Waals surface area contributed by atoms with Gasteiger partial charge in [0, 0.05) is 31.4 Å². The highest BCUT2D eigenvalue weighted by Crippen LogP contribution is 2.09. The number of hydrogen-bond donors (Lipinski definition) is 12. The zero-order valence-electron chi connectivity index (χ0n) is 28.3. The van der Waals surface area contributed by atoms with Gasteiger partial charge in [-0.05, 0) is 24.8 Å². The molecule has 6 unspecified atom stereocenters. The summed E-state index contributed by atoms with van der Waals surface area (Å²) in [5.41, 5.74) is 16.3. The van der Waals surface area contributed by atoms with Crippen LogP contribution in [-0.4, -0.2) is 117 Å². The molecular weight excluding hydrogens is 724 g/mol. The summed E-state index contributed by atoms with van der Waals surface area (Å²) in [5.74, 6) is -11.6. The Hall–Kier alpha value is -5.77. The van der Waals surface area contributed by atoms with Crippen LogP contribution < -0.4 is 43.8 Å². The van der Waals surface area contributed by atoms with Crippen LogP contribution in [0.3, 0.4) is 0 Å². The molecule has 0 saturated carbocycles. The quantitative estimate of drug-likeness (QED) is 0.0421. The minimum absolute atomic E-state index is 0.226. The fourth-order valence-corrected chi connectivity index (χ4v) is 4.80. The predicted molar refractivity (Wildman–Crippen MR) is 185 cm³/mol. The molecule has 0 aliphatic carbocycles. The molecule has 0 aromatic heterocycles. The number of benzene rings is 1. The van der Waals surface area contributed by atoms with Crippen LogP contribution >= 0.6 is 12.6 Å². The summed E-state index contributed by atoms with van der Waals surface area (Å²) in [6.07, 6.45) is -3.84. The Morgan fingerprint density at radius 3 is 1.43 bits per heavy atom. The highest BCUT2D eigenvalue weighted by molar-refractivity contribution is 7.80. The molecule has 0 bridgehead atoms. The maximum Gasteiger partial charge on any atom is 0.326 e. The SMILES string of the molecule is NC(=O)CCC(NC(=O)C(CS)NC(=O)C(CCC(=O)O)NC(=O)C(Cc1ccccc1)NC(=O)C(CCC(=O)O)NC(=O)C(N)CC(N)=O)C(=O)O. The molecule has 22 heteroatoms. The molecule has 0 radical (unpaired) electrons. The van der Waals surface area contributed by atoms with Gasteiger partial charge in [0.15, 0.2) is 0 Å². The third-order valence-electron chi connectivity index (χ3n) is 7.34. The lowest BCUT2D eigenvalue weighted by molar-refractivity contribution is -0.142. The van der Waals surface area contributed by atoms with Crippen LogP contribution in [0.1, 0.15) is 50.5 Å². The number of thiol groups is 1. The van der Waals surface area contributed by atoms with Gasteiger partial charge in [0.1, 0.15) is 30.2 Å². The van der Waals surface area contributed by atoms with E-state index in [1.807, 2.05) is 0 Å². The van der Waals surface area contributed by atoms with Gasteiger partial charge in [-0.25, -0.2) is 4.79 Å². The van der Waals surface area contributed by atoms with Gasteiger partial charge in [0.2, 0.25) is 41.4 Å². The minimum atomic E-state index is -1.65. The summed E-state index contributed by atoms with van der Waals surface area (Å²) >= 11 is 4.02. The van der Waals surface area contributed by atoms with Gasteiger partial charge in [-0.3, -0.25) is 43.2 Å². The molecule has 0 fully saturated rings. The second-order valence-electron chi connectivity index (χ2n) is 11.7. The predicted octanol–water partition coefficient (Wildman–Crippen LogP) is -4.13. The Morgan fingerprint density at radius 1 is 0.566 bits per heavy atom. The van der Waals surface area contributed by atoms with Crippen LogP contribution in [0.2, 0.25) is 0 Å². The van der Waals surface area contributed by atoms with E-state index in [0.29, 0.717) is 5.56 Å². The summed E-state index contributed by atoms with van der Waals surface area (Å²) in [6, 6.07) is -1.22. The highest BCUT2D eigenvalue weighted by atomic mass is 32.1. The smallest absolute Gasteiger partial charge is 0.326 e. The minimum Gasteiger partial charge on any atom is -0.481 e. The summed E-state index contributed by atoms with van der Waals surface area (Å²) in [5, 5.41) is 39.3. The maximum absolute atomic E-state index is 13.7. The van der Waals surface area contributed by atoms with Gasteiger partial charge in [-0.1, -0.05) is 30.3 Å². The summed E-state index contributed by atoms with van der Waals surface area (Å²) in [6.45, 7) is 0. The van der Waals surface area contributed by atoms with E-state index < -0.39 is 133 Å². The second-order valence-corrected chi connectivity index (χ2v) is 12.0. The van der Waals surface area contributed by atoms with Gasteiger partial charge in [0.05, 0.1) is 12.5 Å². The number of carbonyl (C=O) groups excluding carboxylic acids is 7. The van der Waals surface area contributed by atoms with E-state index >= 15 is 0 Å². The molecule has 1 rings (SSSR count). The van der Waals surface area contributed by atoms with Gasteiger partial charge in [0.25, 0.3) is 0 Å². The summed E-state index contributed by atoms with van der Waals surface area (Å²) in [7, 11) is 0. The second kappa shape index (κ2) is 22.9. The van der Waals surface area contributed by atoms with Gasteiger partial charge >= 0.3 is 17.9 Å². The molecule has 0 heterocycles. The molecule has 6 atom stereocenters. The average molecular weight is 769 g/mol. The highest BCUT2D eigenvalue weighted by Gasteiger charge is 2.33. The van der Waals surface area contributed by atoms with E-state index in [4.69, 9.17) is 17.2 Å². The van der Waals surface area contributed by atoms with Gasteiger partial charge in [-0.15, -0.1) is 0 Å². The van der Waals surface area contributed by atoms with Crippen LogP contribution in [0.25, 0.3) is 0 Å². The number of amides is 7. The topological polar surface area (TPSA) is 370 Å².